The van der Waals surface area contributed by atoms with Crippen molar-refractivity contribution in [3.63, 3.8) is 0 Å². The maximum atomic E-state index is 12.0. The van der Waals surface area contributed by atoms with Crippen LogP contribution >= 0.6 is 15.9 Å². The molecule has 0 atom stereocenters. The molecule has 1 aromatic carbocycles. The molecule has 0 aliphatic heterocycles. The van der Waals surface area contributed by atoms with Crippen molar-refractivity contribution in [1.82, 2.24) is 4.90 Å². The molecule has 0 spiro atoms. The van der Waals surface area contributed by atoms with Crippen molar-refractivity contribution in [3.8, 4) is 0 Å². The zero-order chi connectivity index (χ0) is 15.7. The second-order valence-electron chi connectivity index (χ2n) is 5.95. The van der Waals surface area contributed by atoms with Crippen LogP contribution in [0.15, 0.2) is 27.3 Å². The van der Waals surface area contributed by atoms with Gasteiger partial charge in [-0.1, -0.05) is 15.9 Å². The van der Waals surface area contributed by atoms with Gasteiger partial charge in [-0.15, -0.1) is 0 Å². The van der Waals surface area contributed by atoms with Gasteiger partial charge in [-0.2, -0.15) is 0 Å². The Morgan fingerprint density at radius 1 is 1.45 bits per heavy atom. The summed E-state index contributed by atoms with van der Waals surface area (Å²) in [5.74, 6) is 0.510. The second kappa shape index (κ2) is 6.42. The van der Waals surface area contributed by atoms with Gasteiger partial charge in [0, 0.05) is 28.5 Å². The third kappa shape index (κ3) is 3.36. The number of carbonyl (C=O) groups is 1. The first-order chi connectivity index (χ1) is 10.6. The standard InChI is InChI=1S/C17H20BrNO3/c1-3-21-17(20)15-10-22-16-12(6-13(18)7-14(15)16)9-19(2)8-11-4-5-11/h6-7,10-11H,3-5,8-9H2,1-2H3. The van der Waals surface area contributed by atoms with Crippen molar-refractivity contribution in [2.45, 2.75) is 26.3 Å². The van der Waals surface area contributed by atoms with Gasteiger partial charge in [-0.25, -0.2) is 4.79 Å². The van der Waals surface area contributed by atoms with E-state index in [0.29, 0.717) is 12.2 Å². The van der Waals surface area contributed by atoms with E-state index in [-0.39, 0.29) is 5.97 Å². The van der Waals surface area contributed by atoms with Crippen LogP contribution < -0.4 is 0 Å². The van der Waals surface area contributed by atoms with Gasteiger partial charge in [-0.05, 0) is 44.9 Å². The normalized spacial score (nSPS) is 14.7. The fourth-order valence-corrected chi connectivity index (χ4v) is 3.26. The third-order valence-corrected chi connectivity index (χ3v) is 4.38. The van der Waals surface area contributed by atoms with Gasteiger partial charge < -0.3 is 14.1 Å². The van der Waals surface area contributed by atoms with E-state index >= 15 is 0 Å². The quantitative estimate of drug-likeness (QED) is 0.719. The lowest BCUT2D eigenvalue weighted by molar-refractivity contribution is 0.0527. The molecule has 118 valence electrons. The topological polar surface area (TPSA) is 42.7 Å². The number of halogens is 1. The first-order valence-electron chi connectivity index (χ1n) is 7.63. The molecule has 1 fully saturated rings. The molecular formula is C17H20BrNO3. The fraction of sp³-hybridized carbons (Fsp3) is 0.471. The summed E-state index contributed by atoms with van der Waals surface area (Å²) in [5, 5.41) is 0.808. The van der Waals surface area contributed by atoms with Crippen LogP contribution in [-0.2, 0) is 11.3 Å². The molecule has 0 saturated heterocycles. The molecule has 0 N–H and O–H groups in total. The first kappa shape index (κ1) is 15.6. The monoisotopic (exact) mass is 365 g/mol. The minimum Gasteiger partial charge on any atom is -0.463 e. The van der Waals surface area contributed by atoms with Crippen molar-refractivity contribution < 1.29 is 13.9 Å². The Balaban J connectivity index is 1.91. The molecule has 0 bridgehead atoms. The number of furan rings is 1. The number of ether oxygens (including phenoxy) is 1. The zero-order valence-corrected chi connectivity index (χ0v) is 14.5. The molecule has 0 unspecified atom stereocenters. The van der Waals surface area contributed by atoms with E-state index in [0.717, 1.165) is 40.0 Å². The smallest absolute Gasteiger partial charge is 0.342 e. The summed E-state index contributed by atoms with van der Waals surface area (Å²) in [6, 6.07) is 3.97. The highest BCUT2D eigenvalue weighted by Crippen LogP contribution is 2.32. The molecule has 1 aliphatic carbocycles. The maximum Gasteiger partial charge on any atom is 0.342 e. The Bertz CT molecular complexity index is 691. The summed E-state index contributed by atoms with van der Waals surface area (Å²) in [5.41, 5.74) is 2.35. The van der Waals surface area contributed by atoms with Crippen molar-refractivity contribution in [2.24, 2.45) is 5.92 Å². The van der Waals surface area contributed by atoms with Crippen molar-refractivity contribution >= 4 is 32.9 Å². The zero-order valence-electron chi connectivity index (χ0n) is 12.9. The minimum atomic E-state index is -0.336. The second-order valence-corrected chi connectivity index (χ2v) is 6.87. The molecule has 22 heavy (non-hydrogen) atoms. The molecule has 1 heterocycles. The van der Waals surface area contributed by atoms with Crippen LogP contribution in [0.5, 0.6) is 0 Å². The van der Waals surface area contributed by atoms with Crippen LogP contribution in [-0.4, -0.2) is 31.1 Å². The molecular weight excluding hydrogens is 346 g/mol. The van der Waals surface area contributed by atoms with Crippen molar-refractivity contribution in [2.75, 3.05) is 20.2 Å². The van der Waals surface area contributed by atoms with E-state index in [9.17, 15) is 4.79 Å². The molecule has 1 saturated carbocycles. The lowest BCUT2D eigenvalue weighted by atomic mass is 10.1. The van der Waals surface area contributed by atoms with Gasteiger partial charge in [0.05, 0.1) is 6.61 Å². The van der Waals surface area contributed by atoms with Crippen molar-refractivity contribution in [3.05, 3.63) is 34.0 Å². The van der Waals surface area contributed by atoms with E-state index in [1.165, 1.54) is 19.1 Å². The SMILES string of the molecule is CCOC(=O)c1coc2c(CN(C)CC3CC3)cc(Br)cc12. The molecule has 0 amide bonds. The van der Waals surface area contributed by atoms with Crippen LogP contribution in [0.3, 0.4) is 0 Å². The van der Waals surface area contributed by atoms with E-state index in [4.69, 9.17) is 9.15 Å². The highest BCUT2D eigenvalue weighted by molar-refractivity contribution is 9.10. The Morgan fingerprint density at radius 3 is 2.91 bits per heavy atom. The van der Waals surface area contributed by atoms with Crippen LogP contribution in [0.4, 0.5) is 0 Å². The molecule has 5 heteroatoms. The van der Waals surface area contributed by atoms with E-state index in [2.05, 4.69) is 33.9 Å². The van der Waals surface area contributed by atoms with Crippen LogP contribution in [0.25, 0.3) is 11.0 Å². The Kier molecular flexibility index (Phi) is 4.54. The number of fused-ring (bicyclic) bond motifs is 1. The Hall–Kier alpha value is -1.33. The average Bonchev–Trinajstić information content (AvgIpc) is 3.15. The van der Waals surface area contributed by atoms with Crippen LogP contribution in [0.1, 0.15) is 35.7 Å². The largest absolute Gasteiger partial charge is 0.463 e. The van der Waals surface area contributed by atoms with Gasteiger partial charge >= 0.3 is 5.97 Å². The highest BCUT2D eigenvalue weighted by Gasteiger charge is 2.24. The summed E-state index contributed by atoms with van der Waals surface area (Å²) >= 11 is 3.53. The van der Waals surface area contributed by atoms with Crippen LogP contribution in [0, 0.1) is 5.92 Å². The summed E-state index contributed by atoms with van der Waals surface area (Å²) in [4.78, 5) is 14.3. The average molecular weight is 366 g/mol. The van der Waals surface area contributed by atoms with Gasteiger partial charge in [0.2, 0.25) is 0 Å². The van der Waals surface area contributed by atoms with Gasteiger partial charge in [0.25, 0.3) is 0 Å². The van der Waals surface area contributed by atoms with E-state index in [1.807, 2.05) is 6.07 Å². The van der Waals surface area contributed by atoms with Gasteiger partial charge in [0.1, 0.15) is 17.4 Å². The predicted octanol–water partition coefficient (Wildman–Crippen LogP) is 4.21. The maximum absolute atomic E-state index is 12.0. The van der Waals surface area contributed by atoms with E-state index < -0.39 is 0 Å². The molecule has 1 aliphatic rings. The number of hydrogen-bond acceptors (Lipinski definition) is 4. The molecule has 0 radical (unpaired) electrons. The van der Waals surface area contributed by atoms with Gasteiger partial charge in [0.15, 0.2) is 0 Å². The number of hydrogen-bond donors (Lipinski definition) is 0. The summed E-state index contributed by atoms with van der Waals surface area (Å²) in [7, 11) is 2.13. The van der Waals surface area contributed by atoms with E-state index in [1.54, 1.807) is 6.92 Å². The van der Waals surface area contributed by atoms with Gasteiger partial charge in [-0.3, -0.25) is 0 Å². The third-order valence-electron chi connectivity index (χ3n) is 3.92. The molecule has 3 rings (SSSR count). The van der Waals surface area contributed by atoms with Crippen LogP contribution in [0.2, 0.25) is 0 Å². The number of benzene rings is 1. The number of esters is 1. The Morgan fingerprint density at radius 2 is 2.23 bits per heavy atom. The highest BCUT2D eigenvalue weighted by atomic mass is 79.9. The molecule has 2 aromatic rings. The van der Waals surface area contributed by atoms with Crippen molar-refractivity contribution in [1.29, 1.82) is 0 Å². The fourth-order valence-electron chi connectivity index (χ4n) is 2.75. The first-order valence-corrected chi connectivity index (χ1v) is 8.43. The molecule has 1 aromatic heterocycles. The molecule has 4 nitrogen and oxygen atoms in total. The number of carbonyl (C=O) groups excluding carboxylic acids is 1. The summed E-state index contributed by atoms with van der Waals surface area (Å²) in [6.07, 6.45) is 4.18. The predicted molar refractivity (Wildman–Crippen MR) is 88.9 cm³/mol. The summed E-state index contributed by atoms with van der Waals surface area (Å²) < 4.78 is 11.7. The number of nitrogens with zero attached hydrogens (tertiary/aromatic N) is 1. The Labute approximate surface area is 138 Å². The lowest BCUT2D eigenvalue weighted by Crippen LogP contribution is -2.20. The lowest BCUT2D eigenvalue weighted by Gasteiger charge is -2.16. The minimum absolute atomic E-state index is 0.336. The number of rotatable bonds is 6. The summed E-state index contributed by atoms with van der Waals surface area (Å²) in [6.45, 7) is 4.08.